The molecule has 1 aromatic heterocycles. The smallest absolute Gasteiger partial charge is 0.318 e. The number of hydrogen-bond donors (Lipinski definition) is 1. The SMILES string of the molecule is CS(=O)(=O)N1CCCC(NC(=O)N2CCCC2c2cccs2)C1. The highest BCUT2D eigenvalue weighted by atomic mass is 32.2. The van der Waals surface area contributed by atoms with Gasteiger partial charge in [-0.25, -0.2) is 17.5 Å². The molecule has 0 spiro atoms. The molecule has 2 aliphatic rings. The highest BCUT2D eigenvalue weighted by Gasteiger charge is 2.33. The molecule has 0 bridgehead atoms. The molecule has 0 aliphatic carbocycles. The van der Waals surface area contributed by atoms with Gasteiger partial charge in [0.25, 0.3) is 0 Å². The second kappa shape index (κ2) is 6.78. The van der Waals surface area contributed by atoms with E-state index in [1.165, 1.54) is 15.4 Å². The first-order valence-electron chi connectivity index (χ1n) is 8.01. The largest absolute Gasteiger partial charge is 0.334 e. The Hall–Kier alpha value is -1.12. The molecule has 0 radical (unpaired) electrons. The molecule has 8 heteroatoms. The van der Waals surface area contributed by atoms with E-state index in [1.54, 1.807) is 11.3 Å². The lowest BCUT2D eigenvalue weighted by Gasteiger charge is -2.33. The van der Waals surface area contributed by atoms with E-state index in [1.807, 2.05) is 16.3 Å². The second-order valence-corrected chi connectivity index (χ2v) is 9.24. The van der Waals surface area contributed by atoms with Crippen molar-refractivity contribution in [1.29, 1.82) is 0 Å². The molecule has 0 aromatic carbocycles. The van der Waals surface area contributed by atoms with E-state index in [4.69, 9.17) is 0 Å². The fourth-order valence-corrected chi connectivity index (χ4v) is 5.19. The van der Waals surface area contributed by atoms with Crippen LogP contribution in [0.25, 0.3) is 0 Å². The van der Waals surface area contributed by atoms with E-state index in [2.05, 4.69) is 11.4 Å². The van der Waals surface area contributed by atoms with Crippen molar-refractivity contribution in [1.82, 2.24) is 14.5 Å². The maximum absolute atomic E-state index is 12.6. The molecule has 1 N–H and O–H groups in total. The van der Waals surface area contributed by atoms with Crippen LogP contribution < -0.4 is 5.32 Å². The molecule has 3 rings (SSSR count). The minimum absolute atomic E-state index is 0.0683. The zero-order valence-corrected chi connectivity index (χ0v) is 14.9. The zero-order chi connectivity index (χ0) is 16.4. The van der Waals surface area contributed by atoms with Gasteiger partial charge in [-0.2, -0.15) is 0 Å². The van der Waals surface area contributed by atoms with Gasteiger partial charge in [0.05, 0.1) is 12.3 Å². The summed E-state index contributed by atoms with van der Waals surface area (Å²) in [5.74, 6) is 0. The maximum atomic E-state index is 12.6. The number of nitrogens with one attached hydrogen (secondary N) is 1. The number of piperidine rings is 1. The summed E-state index contributed by atoms with van der Waals surface area (Å²) in [5, 5.41) is 5.08. The third kappa shape index (κ3) is 3.87. The Labute approximate surface area is 141 Å². The van der Waals surface area contributed by atoms with E-state index in [0.717, 1.165) is 32.2 Å². The summed E-state index contributed by atoms with van der Waals surface area (Å²) in [6, 6.07) is 4.08. The van der Waals surface area contributed by atoms with Crippen LogP contribution in [0.3, 0.4) is 0 Å². The molecular weight excluding hydrogens is 334 g/mol. The lowest BCUT2D eigenvalue weighted by molar-refractivity contribution is 0.182. The Bertz CT molecular complexity index is 645. The van der Waals surface area contributed by atoms with Gasteiger partial charge < -0.3 is 10.2 Å². The van der Waals surface area contributed by atoms with Crippen molar-refractivity contribution in [2.24, 2.45) is 0 Å². The van der Waals surface area contributed by atoms with Crippen LogP contribution in [0.2, 0.25) is 0 Å². The average molecular weight is 358 g/mol. The molecule has 2 amide bonds. The molecule has 2 unspecified atom stereocenters. The van der Waals surface area contributed by atoms with Crippen LogP contribution in [-0.4, -0.2) is 55.6 Å². The van der Waals surface area contributed by atoms with Crippen molar-refractivity contribution in [3.05, 3.63) is 22.4 Å². The van der Waals surface area contributed by atoms with Crippen LogP contribution in [0.15, 0.2) is 17.5 Å². The van der Waals surface area contributed by atoms with Crippen molar-refractivity contribution in [3.8, 4) is 0 Å². The van der Waals surface area contributed by atoms with Gasteiger partial charge in [-0.1, -0.05) is 6.07 Å². The summed E-state index contributed by atoms with van der Waals surface area (Å²) in [4.78, 5) is 15.7. The number of urea groups is 1. The molecular formula is C15H23N3O3S2. The molecule has 2 fully saturated rings. The zero-order valence-electron chi connectivity index (χ0n) is 13.3. The summed E-state index contributed by atoms with van der Waals surface area (Å²) in [6.45, 7) is 1.69. The second-order valence-electron chi connectivity index (χ2n) is 6.28. The van der Waals surface area contributed by atoms with Crippen LogP contribution in [0.1, 0.15) is 36.6 Å². The summed E-state index contributed by atoms with van der Waals surface area (Å²) < 4.78 is 24.8. The lowest BCUT2D eigenvalue weighted by atomic mass is 10.1. The maximum Gasteiger partial charge on any atom is 0.318 e. The Morgan fingerprint density at radius 3 is 2.78 bits per heavy atom. The van der Waals surface area contributed by atoms with E-state index in [9.17, 15) is 13.2 Å². The van der Waals surface area contributed by atoms with Gasteiger partial charge in [-0.15, -0.1) is 11.3 Å². The van der Waals surface area contributed by atoms with Crippen LogP contribution in [0, 0.1) is 0 Å². The fourth-order valence-electron chi connectivity index (χ4n) is 3.41. The first kappa shape index (κ1) is 16.7. The summed E-state index contributed by atoms with van der Waals surface area (Å²) >= 11 is 1.68. The van der Waals surface area contributed by atoms with Gasteiger partial charge in [0.2, 0.25) is 10.0 Å². The van der Waals surface area contributed by atoms with Gasteiger partial charge in [0.1, 0.15) is 0 Å². The topological polar surface area (TPSA) is 69.7 Å². The summed E-state index contributed by atoms with van der Waals surface area (Å²) in [5.41, 5.74) is 0. The summed E-state index contributed by atoms with van der Waals surface area (Å²) in [6.07, 6.45) is 4.84. The monoisotopic (exact) mass is 357 g/mol. The van der Waals surface area contributed by atoms with Gasteiger partial charge in [0, 0.05) is 30.6 Å². The molecule has 0 saturated carbocycles. The Morgan fingerprint density at radius 2 is 2.09 bits per heavy atom. The van der Waals surface area contributed by atoms with Crippen LogP contribution in [-0.2, 0) is 10.0 Å². The van der Waals surface area contributed by atoms with Gasteiger partial charge >= 0.3 is 6.03 Å². The normalized spacial score (nSPS) is 26.4. The number of likely N-dealkylation sites (tertiary alicyclic amines) is 1. The van der Waals surface area contributed by atoms with E-state index < -0.39 is 10.0 Å². The first-order chi connectivity index (χ1) is 10.9. The third-order valence-corrected chi connectivity index (χ3v) is 6.81. The standard InChI is InChI=1S/C15H23N3O3S2/c1-23(20,21)17-8-2-5-12(11-17)16-15(19)18-9-3-6-13(18)14-7-4-10-22-14/h4,7,10,12-13H,2-3,5-6,8-9,11H2,1H3,(H,16,19). The van der Waals surface area contributed by atoms with E-state index >= 15 is 0 Å². The molecule has 3 heterocycles. The van der Waals surface area contributed by atoms with Crippen LogP contribution in [0.5, 0.6) is 0 Å². The van der Waals surface area contributed by atoms with E-state index in [0.29, 0.717) is 13.1 Å². The highest BCUT2D eigenvalue weighted by Crippen LogP contribution is 2.34. The minimum Gasteiger partial charge on any atom is -0.334 e. The quantitative estimate of drug-likeness (QED) is 0.900. The Kier molecular flexibility index (Phi) is 4.93. The fraction of sp³-hybridized carbons (Fsp3) is 0.667. The summed E-state index contributed by atoms with van der Waals surface area (Å²) in [7, 11) is -3.19. The van der Waals surface area contributed by atoms with Gasteiger partial charge in [0.15, 0.2) is 0 Å². The molecule has 128 valence electrons. The predicted octanol–water partition coefficient (Wildman–Crippen LogP) is 2.02. The number of carbonyl (C=O) groups excluding carboxylic acids is 1. The van der Waals surface area contributed by atoms with Crippen molar-refractivity contribution >= 4 is 27.4 Å². The predicted molar refractivity (Wildman–Crippen MR) is 91.0 cm³/mol. The molecule has 6 nitrogen and oxygen atoms in total. The minimum atomic E-state index is -3.19. The number of nitrogens with zero attached hydrogens (tertiary/aromatic N) is 2. The molecule has 1 aromatic rings. The molecule has 2 aliphatic heterocycles. The average Bonchev–Trinajstić information content (AvgIpc) is 3.17. The van der Waals surface area contributed by atoms with Gasteiger partial charge in [-0.3, -0.25) is 0 Å². The number of thiophene rings is 1. The number of sulfonamides is 1. The molecule has 2 saturated heterocycles. The number of carbonyl (C=O) groups is 1. The number of rotatable bonds is 3. The lowest BCUT2D eigenvalue weighted by Crippen LogP contribution is -2.52. The van der Waals surface area contributed by atoms with Gasteiger partial charge in [-0.05, 0) is 37.1 Å². The van der Waals surface area contributed by atoms with Crippen LogP contribution in [0.4, 0.5) is 4.79 Å². The highest BCUT2D eigenvalue weighted by molar-refractivity contribution is 7.88. The van der Waals surface area contributed by atoms with Crippen molar-refractivity contribution in [2.75, 3.05) is 25.9 Å². The first-order valence-corrected chi connectivity index (χ1v) is 10.7. The number of amides is 2. The molecule has 2 atom stereocenters. The third-order valence-electron chi connectivity index (χ3n) is 4.57. The Morgan fingerprint density at radius 1 is 1.30 bits per heavy atom. The van der Waals surface area contributed by atoms with E-state index in [-0.39, 0.29) is 18.1 Å². The Balaban J connectivity index is 1.62. The van der Waals surface area contributed by atoms with Crippen molar-refractivity contribution in [3.63, 3.8) is 0 Å². The number of hydrogen-bond acceptors (Lipinski definition) is 4. The molecule has 23 heavy (non-hydrogen) atoms. The van der Waals surface area contributed by atoms with Crippen LogP contribution >= 0.6 is 11.3 Å². The van der Waals surface area contributed by atoms with Crippen molar-refractivity contribution in [2.45, 2.75) is 37.8 Å². The van der Waals surface area contributed by atoms with Crippen molar-refractivity contribution < 1.29 is 13.2 Å².